The van der Waals surface area contributed by atoms with Crippen molar-refractivity contribution >= 4 is 10.9 Å². The molecule has 0 spiro atoms. The fourth-order valence-electron chi connectivity index (χ4n) is 1.51. The van der Waals surface area contributed by atoms with Gasteiger partial charge in [0.2, 0.25) is 5.89 Å². The lowest BCUT2D eigenvalue weighted by Crippen LogP contribution is -2.17. The Bertz CT molecular complexity index is 591. The lowest BCUT2D eigenvalue weighted by molar-refractivity contribution is 0.360. The predicted octanol–water partition coefficient (Wildman–Crippen LogP) is 2.79. The van der Waals surface area contributed by atoms with E-state index in [9.17, 15) is 4.79 Å². The number of fused-ring (bicyclic) bond motifs is 1. The number of aromatic nitrogens is 1. The topological polar surface area (TPSA) is 43.1 Å². The second-order valence-electron chi connectivity index (χ2n) is 5.08. The molecule has 0 amide bonds. The van der Waals surface area contributed by atoms with Crippen LogP contribution in [0.2, 0.25) is 0 Å². The molecular formula is C13H15NO2. The van der Waals surface area contributed by atoms with E-state index in [2.05, 4.69) is 4.98 Å². The zero-order valence-corrected chi connectivity index (χ0v) is 10.00. The van der Waals surface area contributed by atoms with E-state index in [-0.39, 0.29) is 11.0 Å². The second kappa shape index (κ2) is 3.44. The molecule has 2 rings (SSSR count). The van der Waals surface area contributed by atoms with Crippen LogP contribution in [0.5, 0.6) is 0 Å². The fraction of sp³-hybridized carbons (Fsp3) is 0.385. The Labute approximate surface area is 94.1 Å². The molecule has 0 bridgehead atoms. The minimum atomic E-state index is -0.307. The Kier molecular flexibility index (Phi) is 2.34. The molecule has 84 valence electrons. The average Bonchev–Trinajstić information content (AvgIpc) is 2.17. The van der Waals surface area contributed by atoms with Crippen molar-refractivity contribution in [1.82, 2.24) is 4.98 Å². The van der Waals surface area contributed by atoms with Gasteiger partial charge in [-0.05, 0) is 19.1 Å². The van der Waals surface area contributed by atoms with Crippen LogP contribution in [0.1, 0.15) is 32.2 Å². The lowest BCUT2D eigenvalue weighted by atomic mass is 9.96. The van der Waals surface area contributed by atoms with Crippen molar-refractivity contribution in [3.05, 3.63) is 40.1 Å². The number of benzene rings is 1. The molecule has 0 aliphatic rings. The van der Waals surface area contributed by atoms with Crippen LogP contribution < -0.4 is 5.63 Å². The van der Waals surface area contributed by atoms with Crippen LogP contribution in [-0.2, 0) is 5.41 Å². The molecule has 16 heavy (non-hydrogen) atoms. The third kappa shape index (κ3) is 1.85. The summed E-state index contributed by atoms with van der Waals surface area (Å²) < 4.78 is 5.24. The molecule has 0 saturated carbocycles. The summed E-state index contributed by atoms with van der Waals surface area (Å²) in [6.07, 6.45) is 0. The minimum Gasteiger partial charge on any atom is -0.407 e. The molecule has 1 aromatic carbocycles. The maximum absolute atomic E-state index is 11.8. The Balaban J connectivity index is 2.79. The van der Waals surface area contributed by atoms with Gasteiger partial charge < -0.3 is 4.42 Å². The van der Waals surface area contributed by atoms with Crippen molar-refractivity contribution in [1.29, 1.82) is 0 Å². The first-order valence-electron chi connectivity index (χ1n) is 5.30. The van der Waals surface area contributed by atoms with Gasteiger partial charge in [-0.1, -0.05) is 32.4 Å². The molecule has 0 unspecified atom stereocenters. The first-order chi connectivity index (χ1) is 7.38. The maximum atomic E-state index is 11.8. The van der Waals surface area contributed by atoms with Gasteiger partial charge >= 0.3 is 5.63 Å². The minimum absolute atomic E-state index is 0.252. The summed E-state index contributed by atoms with van der Waals surface area (Å²) in [5.41, 5.74) is 1.17. The standard InChI is InChI=1S/C13H15NO2/c1-8-5-6-10-9(7-8)11(15)16-12(14-10)13(2,3)4/h5-7H,1-4H3. The van der Waals surface area contributed by atoms with E-state index in [0.29, 0.717) is 16.8 Å². The Morgan fingerprint density at radius 1 is 1.25 bits per heavy atom. The molecule has 3 nitrogen and oxygen atoms in total. The van der Waals surface area contributed by atoms with Gasteiger partial charge in [-0.2, -0.15) is 0 Å². The SMILES string of the molecule is Cc1ccc2nc(C(C)(C)C)oc(=O)c2c1. The molecule has 0 radical (unpaired) electrons. The molecule has 0 aliphatic heterocycles. The van der Waals surface area contributed by atoms with Gasteiger partial charge in [0.25, 0.3) is 0 Å². The van der Waals surface area contributed by atoms with Crippen molar-refractivity contribution in [2.45, 2.75) is 33.1 Å². The number of rotatable bonds is 0. The third-order valence-electron chi connectivity index (χ3n) is 2.42. The zero-order chi connectivity index (χ0) is 11.9. The first-order valence-corrected chi connectivity index (χ1v) is 5.30. The summed E-state index contributed by atoms with van der Waals surface area (Å²) in [4.78, 5) is 16.2. The quantitative estimate of drug-likeness (QED) is 0.681. The smallest absolute Gasteiger partial charge is 0.346 e. The highest BCUT2D eigenvalue weighted by atomic mass is 16.4. The summed E-state index contributed by atoms with van der Waals surface area (Å²) >= 11 is 0. The molecule has 3 heteroatoms. The highest BCUT2D eigenvalue weighted by Gasteiger charge is 2.20. The van der Waals surface area contributed by atoms with Gasteiger partial charge in [0.05, 0.1) is 10.9 Å². The maximum Gasteiger partial charge on any atom is 0.346 e. The zero-order valence-electron chi connectivity index (χ0n) is 10.00. The van der Waals surface area contributed by atoms with Crippen LogP contribution in [0.4, 0.5) is 0 Å². The fourth-order valence-corrected chi connectivity index (χ4v) is 1.51. The molecule has 0 atom stereocenters. The lowest BCUT2D eigenvalue weighted by Gasteiger charge is -2.15. The first kappa shape index (κ1) is 10.9. The average molecular weight is 217 g/mol. The Hall–Kier alpha value is -1.64. The highest BCUT2D eigenvalue weighted by Crippen LogP contribution is 2.21. The van der Waals surface area contributed by atoms with E-state index in [1.807, 2.05) is 39.8 Å². The molecule has 2 aromatic rings. The number of hydrogen-bond donors (Lipinski definition) is 0. The van der Waals surface area contributed by atoms with E-state index in [0.717, 1.165) is 5.56 Å². The summed E-state index contributed by atoms with van der Waals surface area (Å²) in [6.45, 7) is 7.85. The number of aryl methyl sites for hydroxylation is 1. The van der Waals surface area contributed by atoms with E-state index >= 15 is 0 Å². The van der Waals surface area contributed by atoms with Crippen molar-refractivity contribution in [2.24, 2.45) is 0 Å². The number of hydrogen-bond acceptors (Lipinski definition) is 3. The van der Waals surface area contributed by atoms with Gasteiger partial charge in [0.15, 0.2) is 0 Å². The van der Waals surface area contributed by atoms with Crippen molar-refractivity contribution in [2.75, 3.05) is 0 Å². The van der Waals surface area contributed by atoms with Crippen LogP contribution in [-0.4, -0.2) is 4.98 Å². The van der Waals surface area contributed by atoms with E-state index in [1.165, 1.54) is 0 Å². The van der Waals surface area contributed by atoms with Crippen LogP contribution in [0, 0.1) is 6.92 Å². The molecule has 0 fully saturated rings. The number of nitrogens with zero attached hydrogens (tertiary/aromatic N) is 1. The van der Waals surface area contributed by atoms with Crippen LogP contribution >= 0.6 is 0 Å². The molecule has 0 aliphatic carbocycles. The predicted molar refractivity (Wildman–Crippen MR) is 63.7 cm³/mol. The summed E-state index contributed by atoms with van der Waals surface area (Å²) in [5.74, 6) is 0.480. The van der Waals surface area contributed by atoms with Gasteiger partial charge in [0.1, 0.15) is 0 Å². The Morgan fingerprint density at radius 2 is 1.94 bits per heavy atom. The van der Waals surface area contributed by atoms with Gasteiger partial charge in [-0.25, -0.2) is 9.78 Å². The summed E-state index contributed by atoms with van der Waals surface area (Å²) in [7, 11) is 0. The second-order valence-corrected chi connectivity index (χ2v) is 5.08. The summed E-state index contributed by atoms with van der Waals surface area (Å²) in [5, 5.41) is 0.549. The monoisotopic (exact) mass is 217 g/mol. The van der Waals surface area contributed by atoms with E-state index in [4.69, 9.17) is 4.42 Å². The molecule has 1 heterocycles. The molecule has 1 aromatic heterocycles. The van der Waals surface area contributed by atoms with Gasteiger partial charge in [-0.15, -0.1) is 0 Å². The van der Waals surface area contributed by atoms with Crippen LogP contribution in [0.15, 0.2) is 27.4 Å². The van der Waals surface area contributed by atoms with Crippen molar-refractivity contribution < 1.29 is 4.42 Å². The molecule has 0 saturated heterocycles. The van der Waals surface area contributed by atoms with Crippen molar-refractivity contribution in [3.63, 3.8) is 0 Å². The van der Waals surface area contributed by atoms with Crippen LogP contribution in [0.25, 0.3) is 10.9 Å². The molecular weight excluding hydrogens is 202 g/mol. The normalized spacial score (nSPS) is 12.0. The van der Waals surface area contributed by atoms with E-state index < -0.39 is 0 Å². The van der Waals surface area contributed by atoms with Gasteiger partial charge in [-0.3, -0.25) is 0 Å². The van der Waals surface area contributed by atoms with Crippen LogP contribution in [0.3, 0.4) is 0 Å². The Morgan fingerprint density at radius 3 is 2.56 bits per heavy atom. The highest BCUT2D eigenvalue weighted by molar-refractivity contribution is 5.77. The van der Waals surface area contributed by atoms with E-state index in [1.54, 1.807) is 6.07 Å². The van der Waals surface area contributed by atoms with Gasteiger partial charge in [0, 0.05) is 5.41 Å². The molecule has 0 N–H and O–H groups in total. The largest absolute Gasteiger partial charge is 0.407 e. The summed E-state index contributed by atoms with van der Waals surface area (Å²) in [6, 6.07) is 5.61. The third-order valence-corrected chi connectivity index (χ3v) is 2.42. The van der Waals surface area contributed by atoms with Crippen molar-refractivity contribution in [3.8, 4) is 0 Å².